The predicted octanol–water partition coefficient (Wildman–Crippen LogP) is 10.2. The number of carboxylic acids is 1. The molecule has 0 saturated carbocycles. The molecule has 6 rings (SSSR count). The molecule has 0 fully saturated rings. The number of hydrogen-bond acceptors (Lipinski definition) is 7. The van der Waals surface area contributed by atoms with E-state index in [0.29, 0.717) is 11.3 Å². The van der Waals surface area contributed by atoms with Crippen LogP contribution in [0.2, 0.25) is 0 Å². The van der Waals surface area contributed by atoms with Crippen molar-refractivity contribution in [1.82, 2.24) is 0 Å². The predicted molar refractivity (Wildman–Crippen MR) is 207 cm³/mol. The number of carbonyl (C=O) groups is 3. The van der Waals surface area contributed by atoms with Crippen LogP contribution in [0.25, 0.3) is 11.0 Å². The van der Waals surface area contributed by atoms with Crippen LogP contribution in [0.15, 0.2) is 157 Å². The lowest BCUT2D eigenvalue weighted by atomic mass is 9.94. The van der Waals surface area contributed by atoms with Gasteiger partial charge in [0.25, 0.3) is 11.8 Å². The first-order valence-electron chi connectivity index (χ1n) is 15.9. The van der Waals surface area contributed by atoms with Gasteiger partial charge in [-0.15, -0.1) is 23.1 Å². The molecule has 0 saturated heterocycles. The van der Waals surface area contributed by atoms with E-state index in [-0.39, 0.29) is 22.4 Å². The first-order chi connectivity index (χ1) is 24.8. The summed E-state index contributed by atoms with van der Waals surface area (Å²) >= 11 is 3.19. The third-order valence-electron chi connectivity index (χ3n) is 8.16. The second-order valence-corrected chi connectivity index (χ2v) is 13.6. The number of imide groups is 1. The van der Waals surface area contributed by atoms with Crippen molar-refractivity contribution in [2.24, 2.45) is 0 Å². The summed E-state index contributed by atoms with van der Waals surface area (Å²) in [6.45, 7) is 5.52. The standard InChI is InChI=1S/C42H31N3O4S2/c1-3-10-39(29-15-19-33(20-16-29)44(31-11-6-4-7-12-31)32-13-8-5-9-14-32)50-27-36-24-23-35(51-36)25-37-28(2)38(26-43)41(47)45(40(37)46)34-21-17-30(18-22-34)42(48)49/h3-25H,1,27H2,2H3,(H,48,49)/b37-25-,39-10-. The first kappa shape index (κ1) is 34.6. The molecule has 7 nitrogen and oxygen atoms in total. The Morgan fingerprint density at radius 3 is 2.00 bits per heavy atom. The molecule has 9 heteroatoms. The monoisotopic (exact) mass is 705 g/mol. The van der Waals surface area contributed by atoms with E-state index in [1.165, 1.54) is 35.6 Å². The Labute approximate surface area is 304 Å². The first-order valence-corrected chi connectivity index (χ1v) is 17.7. The molecule has 51 heavy (non-hydrogen) atoms. The number of nitrogens with zero attached hydrogens (tertiary/aromatic N) is 3. The number of benzene rings is 4. The van der Waals surface area contributed by atoms with Gasteiger partial charge in [-0.1, -0.05) is 61.2 Å². The van der Waals surface area contributed by atoms with Gasteiger partial charge in [0.2, 0.25) is 0 Å². The zero-order chi connectivity index (χ0) is 35.9. The van der Waals surface area contributed by atoms with Crippen molar-refractivity contribution in [1.29, 1.82) is 5.26 Å². The summed E-state index contributed by atoms with van der Waals surface area (Å²) in [6, 6.07) is 40.2. The number of carboxylic acid groups (broad SMARTS) is 1. The van der Waals surface area contributed by atoms with Crippen LogP contribution in [0.5, 0.6) is 0 Å². The van der Waals surface area contributed by atoms with E-state index in [4.69, 9.17) is 0 Å². The maximum atomic E-state index is 13.7. The van der Waals surface area contributed by atoms with E-state index in [2.05, 4.69) is 60.0 Å². The fraction of sp³-hybridized carbons (Fsp3) is 0.0476. The largest absolute Gasteiger partial charge is 0.478 e. The van der Waals surface area contributed by atoms with Gasteiger partial charge < -0.3 is 10.0 Å². The number of carbonyl (C=O) groups excluding carboxylic acids is 2. The lowest BCUT2D eigenvalue weighted by molar-refractivity contribution is -0.122. The molecule has 0 atom stereocenters. The van der Waals surface area contributed by atoms with Crippen LogP contribution in [-0.2, 0) is 15.3 Å². The van der Waals surface area contributed by atoms with E-state index in [0.717, 1.165) is 42.2 Å². The Bertz CT molecular complexity index is 2210. The van der Waals surface area contributed by atoms with Gasteiger partial charge in [-0.3, -0.25) is 9.59 Å². The maximum absolute atomic E-state index is 13.7. The molecule has 0 radical (unpaired) electrons. The number of hydrogen-bond donors (Lipinski definition) is 1. The van der Waals surface area contributed by atoms with Crippen molar-refractivity contribution in [3.63, 3.8) is 0 Å². The van der Waals surface area contributed by atoms with E-state index in [1.807, 2.05) is 60.7 Å². The minimum Gasteiger partial charge on any atom is -0.478 e. The number of thiophene rings is 1. The van der Waals surface area contributed by atoms with Crippen molar-refractivity contribution in [2.45, 2.75) is 12.7 Å². The van der Waals surface area contributed by atoms with Crippen LogP contribution >= 0.6 is 23.1 Å². The van der Waals surface area contributed by atoms with E-state index in [9.17, 15) is 24.8 Å². The molecule has 1 aliphatic heterocycles. The summed E-state index contributed by atoms with van der Waals surface area (Å²) < 4.78 is 0. The molecule has 0 aliphatic carbocycles. The lowest BCUT2D eigenvalue weighted by Gasteiger charge is -2.27. The number of thioether (sulfide) groups is 1. The number of anilines is 4. The smallest absolute Gasteiger partial charge is 0.335 e. The van der Waals surface area contributed by atoms with Gasteiger partial charge in [0.1, 0.15) is 11.6 Å². The minimum atomic E-state index is -1.13. The molecule has 4 aromatic carbocycles. The van der Waals surface area contributed by atoms with Gasteiger partial charge in [-0.25, -0.2) is 9.69 Å². The molecule has 1 aliphatic rings. The van der Waals surface area contributed by atoms with Gasteiger partial charge in [0.15, 0.2) is 0 Å². The molecule has 1 N–H and O–H groups in total. The highest BCUT2D eigenvalue weighted by atomic mass is 32.2. The molecular weight excluding hydrogens is 675 g/mol. The fourth-order valence-corrected chi connectivity index (χ4v) is 7.67. The summed E-state index contributed by atoms with van der Waals surface area (Å²) in [5, 5.41) is 19.1. The average Bonchev–Trinajstić information content (AvgIpc) is 3.61. The van der Waals surface area contributed by atoms with Crippen LogP contribution in [0.4, 0.5) is 22.7 Å². The third kappa shape index (κ3) is 7.53. The highest BCUT2D eigenvalue weighted by Gasteiger charge is 2.36. The quantitative estimate of drug-likeness (QED) is 0.0829. The van der Waals surface area contributed by atoms with Crippen molar-refractivity contribution in [2.75, 3.05) is 9.80 Å². The Morgan fingerprint density at radius 1 is 0.843 bits per heavy atom. The van der Waals surface area contributed by atoms with Crippen LogP contribution < -0.4 is 9.80 Å². The Kier molecular flexibility index (Phi) is 10.6. The Morgan fingerprint density at radius 2 is 1.43 bits per heavy atom. The second-order valence-electron chi connectivity index (χ2n) is 11.4. The van der Waals surface area contributed by atoms with Crippen LogP contribution in [-0.4, -0.2) is 22.9 Å². The number of amides is 2. The van der Waals surface area contributed by atoms with E-state index >= 15 is 0 Å². The van der Waals surface area contributed by atoms with E-state index in [1.54, 1.807) is 30.8 Å². The SMILES string of the molecule is C=C/C=C(\SCc1ccc(/C=C2\C(=O)N(c3ccc(C(=O)O)cc3)C(=O)C(C#N)=C2C)s1)c1ccc(N(c2ccccc2)c2ccccc2)cc1. The topological polar surface area (TPSA) is 102 Å². The number of aromatic carboxylic acids is 1. The molecule has 1 aromatic heterocycles. The maximum Gasteiger partial charge on any atom is 0.335 e. The summed E-state index contributed by atoms with van der Waals surface area (Å²) in [5.41, 5.74) is 4.81. The Balaban J connectivity index is 1.21. The number of nitriles is 1. The van der Waals surface area contributed by atoms with Crippen LogP contribution in [0, 0.1) is 11.3 Å². The summed E-state index contributed by atoms with van der Waals surface area (Å²) in [4.78, 5) is 44.2. The molecule has 2 amide bonds. The third-order valence-corrected chi connectivity index (χ3v) is 10.5. The normalized spacial score (nSPS) is 14.1. The van der Waals surface area contributed by atoms with Crippen molar-refractivity contribution in [3.8, 4) is 6.07 Å². The van der Waals surface area contributed by atoms with E-state index < -0.39 is 17.8 Å². The van der Waals surface area contributed by atoms with Gasteiger partial charge in [-0.2, -0.15) is 5.26 Å². The van der Waals surface area contributed by atoms with Gasteiger partial charge >= 0.3 is 5.97 Å². The van der Waals surface area contributed by atoms with Crippen molar-refractivity contribution < 1.29 is 19.5 Å². The lowest BCUT2D eigenvalue weighted by Crippen LogP contribution is -2.42. The average molecular weight is 706 g/mol. The van der Waals surface area contributed by atoms with Crippen LogP contribution in [0.1, 0.15) is 32.6 Å². The molecule has 0 bridgehead atoms. The second kappa shape index (κ2) is 15.6. The molecule has 5 aromatic rings. The van der Waals surface area contributed by atoms with Gasteiger partial charge in [0, 0.05) is 43.0 Å². The zero-order valence-corrected chi connectivity index (χ0v) is 29.2. The fourth-order valence-electron chi connectivity index (χ4n) is 5.62. The van der Waals surface area contributed by atoms with Gasteiger partial charge in [-0.05, 0) is 103 Å². The minimum absolute atomic E-state index is 0.0171. The molecule has 0 unspecified atom stereocenters. The summed E-state index contributed by atoms with van der Waals surface area (Å²) in [7, 11) is 0. The zero-order valence-electron chi connectivity index (χ0n) is 27.5. The van der Waals surface area contributed by atoms with Gasteiger partial charge in [0.05, 0.1) is 11.3 Å². The molecule has 2 heterocycles. The molecule has 250 valence electrons. The Hall–Kier alpha value is -6.21. The van der Waals surface area contributed by atoms with Crippen molar-refractivity contribution >= 4 is 74.6 Å². The highest BCUT2D eigenvalue weighted by molar-refractivity contribution is 8.07. The number of rotatable bonds is 11. The molecule has 0 spiro atoms. The summed E-state index contributed by atoms with van der Waals surface area (Å²) in [6.07, 6.45) is 5.47. The number of para-hydroxylation sites is 2. The van der Waals surface area contributed by atoms with Crippen LogP contribution in [0.3, 0.4) is 0 Å². The molecular formula is C42H31N3O4S2. The number of allylic oxidation sites excluding steroid dienone is 2. The summed E-state index contributed by atoms with van der Waals surface area (Å²) in [5.74, 6) is -1.78. The highest BCUT2D eigenvalue weighted by Crippen LogP contribution is 2.38. The van der Waals surface area contributed by atoms with Crippen molar-refractivity contribution in [3.05, 3.63) is 178 Å².